The van der Waals surface area contributed by atoms with E-state index in [2.05, 4.69) is 11.8 Å². The fraction of sp³-hybridized carbons (Fsp3) is 0.364. The lowest BCUT2D eigenvalue weighted by Gasteiger charge is -2.15. The molecule has 0 aliphatic carbocycles. The van der Waals surface area contributed by atoms with Gasteiger partial charge in [0.05, 0.1) is 32.5 Å². The maximum Gasteiger partial charge on any atom is 0.146 e. The molecule has 26 heavy (non-hydrogen) atoms. The van der Waals surface area contributed by atoms with E-state index >= 15 is 0 Å². The van der Waals surface area contributed by atoms with Gasteiger partial charge >= 0.3 is 0 Å². The van der Waals surface area contributed by atoms with Gasteiger partial charge in [-0.3, -0.25) is 0 Å². The Kier molecular flexibility index (Phi) is 10.2. The van der Waals surface area contributed by atoms with Crippen LogP contribution in [0.1, 0.15) is 17.5 Å². The van der Waals surface area contributed by atoms with Crippen LogP contribution in [0.5, 0.6) is 0 Å². The van der Waals surface area contributed by atoms with E-state index in [1.807, 2.05) is 60.7 Å². The van der Waals surface area contributed by atoms with Gasteiger partial charge in [-0.25, -0.2) is 0 Å². The molecule has 0 radical (unpaired) electrons. The van der Waals surface area contributed by atoms with Crippen LogP contribution in [0.25, 0.3) is 0 Å². The van der Waals surface area contributed by atoms with Gasteiger partial charge in [-0.1, -0.05) is 60.4 Å². The summed E-state index contributed by atoms with van der Waals surface area (Å²) in [6, 6.07) is 20.0. The summed E-state index contributed by atoms with van der Waals surface area (Å²) >= 11 is 0. The summed E-state index contributed by atoms with van der Waals surface area (Å²) < 4.78 is 21.9. The number of hydrogen-bond donors (Lipinski definition) is 0. The molecule has 0 fully saturated rings. The second kappa shape index (κ2) is 13.1. The van der Waals surface area contributed by atoms with Crippen LogP contribution in [-0.4, -0.2) is 39.8 Å². The fourth-order valence-corrected chi connectivity index (χ4v) is 2.22. The molecule has 4 nitrogen and oxygen atoms in total. The van der Waals surface area contributed by atoms with Crippen molar-refractivity contribution in [3.05, 3.63) is 71.8 Å². The minimum absolute atomic E-state index is 0.125. The van der Waals surface area contributed by atoms with Crippen molar-refractivity contribution in [1.29, 1.82) is 0 Å². The molecule has 0 amide bonds. The fourth-order valence-electron chi connectivity index (χ4n) is 2.22. The highest BCUT2D eigenvalue weighted by atomic mass is 16.7. The molecule has 0 spiro atoms. The third kappa shape index (κ3) is 8.80. The molecular formula is C22H26O4. The van der Waals surface area contributed by atoms with Gasteiger partial charge in [0.2, 0.25) is 0 Å². The molecule has 4 heteroatoms. The van der Waals surface area contributed by atoms with Gasteiger partial charge in [0.25, 0.3) is 0 Å². The number of ether oxygens (including phenoxy) is 4. The average molecular weight is 354 g/mol. The minimum atomic E-state index is -0.125. The van der Waals surface area contributed by atoms with Crippen molar-refractivity contribution in [3.8, 4) is 11.8 Å². The van der Waals surface area contributed by atoms with Crippen molar-refractivity contribution in [2.24, 2.45) is 0 Å². The van der Waals surface area contributed by atoms with Crippen LogP contribution in [0.3, 0.4) is 0 Å². The zero-order valence-electron chi connectivity index (χ0n) is 15.2. The van der Waals surface area contributed by atoms with Crippen LogP contribution in [0.4, 0.5) is 0 Å². The molecule has 0 N–H and O–H groups in total. The van der Waals surface area contributed by atoms with Crippen molar-refractivity contribution >= 4 is 0 Å². The summed E-state index contributed by atoms with van der Waals surface area (Å²) in [5.41, 5.74) is 2.15. The first-order valence-electron chi connectivity index (χ1n) is 8.72. The summed E-state index contributed by atoms with van der Waals surface area (Å²) in [7, 11) is 1.60. The Balaban J connectivity index is 1.64. The highest BCUT2D eigenvalue weighted by Gasteiger charge is 2.08. The maximum atomic E-state index is 5.66. The zero-order valence-corrected chi connectivity index (χ0v) is 15.2. The van der Waals surface area contributed by atoms with Crippen molar-refractivity contribution in [2.75, 3.05) is 33.7 Å². The van der Waals surface area contributed by atoms with Crippen LogP contribution in [-0.2, 0) is 25.6 Å². The van der Waals surface area contributed by atoms with Gasteiger partial charge in [0.1, 0.15) is 6.79 Å². The normalized spacial score (nSPS) is 11.6. The largest absolute Gasteiger partial charge is 0.376 e. The van der Waals surface area contributed by atoms with E-state index in [0.29, 0.717) is 32.8 Å². The number of rotatable bonds is 11. The highest BCUT2D eigenvalue weighted by molar-refractivity contribution is 5.33. The van der Waals surface area contributed by atoms with E-state index in [1.165, 1.54) is 0 Å². The average Bonchev–Trinajstić information content (AvgIpc) is 2.69. The van der Waals surface area contributed by atoms with Gasteiger partial charge in [0, 0.05) is 19.1 Å². The summed E-state index contributed by atoms with van der Waals surface area (Å²) in [5, 5.41) is 0. The molecule has 0 saturated carbocycles. The third-order valence-corrected chi connectivity index (χ3v) is 3.55. The van der Waals surface area contributed by atoms with Gasteiger partial charge in [-0.2, -0.15) is 0 Å². The molecule has 0 heterocycles. The van der Waals surface area contributed by atoms with E-state index in [0.717, 1.165) is 11.1 Å². The molecule has 0 aromatic heterocycles. The third-order valence-electron chi connectivity index (χ3n) is 3.55. The molecule has 2 rings (SSSR count). The van der Waals surface area contributed by atoms with Crippen LogP contribution in [0, 0.1) is 11.8 Å². The van der Waals surface area contributed by atoms with E-state index in [9.17, 15) is 0 Å². The first-order valence-corrected chi connectivity index (χ1v) is 8.72. The summed E-state index contributed by atoms with van der Waals surface area (Å²) in [5.74, 6) is 6.27. The standard InChI is InChI=1S/C22H26O4/c1-23-19-26-22(14-8-13-20-9-4-2-5-10-20)18-25-16-15-24-17-21-11-6-3-7-12-21/h2-7,9-12,22H,14-19H2,1H3/t22-/m0/s1. The second-order valence-corrected chi connectivity index (χ2v) is 5.68. The van der Waals surface area contributed by atoms with Crippen LogP contribution < -0.4 is 0 Å². The van der Waals surface area contributed by atoms with Crippen molar-refractivity contribution in [1.82, 2.24) is 0 Å². The Labute approximate surface area is 156 Å². The lowest BCUT2D eigenvalue weighted by atomic mass is 10.2. The Bertz CT molecular complexity index is 646. The molecule has 0 aliphatic rings. The van der Waals surface area contributed by atoms with E-state index < -0.39 is 0 Å². The van der Waals surface area contributed by atoms with Crippen LogP contribution in [0.2, 0.25) is 0 Å². The monoisotopic (exact) mass is 354 g/mol. The van der Waals surface area contributed by atoms with Gasteiger partial charge in [-0.05, 0) is 17.7 Å². The smallest absolute Gasteiger partial charge is 0.146 e. The first kappa shape index (κ1) is 20.2. The predicted molar refractivity (Wildman–Crippen MR) is 102 cm³/mol. The Morgan fingerprint density at radius 2 is 1.58 bits per heavy atom. The van der Waals surface area contributed by atoms with Gasteiger partial charge < -0.3 is 18.9 Å². The minimum Gasteiger partial charge on any atom is -0.376 e. The van der Waals surface area contributed by atoms with Crippen molar-refractivity contribution in [3.63, 3.8) is 0 Å². The number of benzene rings is 2. The van der Waals surface area contributed by atoms with E-state index in [-0.39, 0.29) is 12.9 Å². The number of hydrogen-bond acceptors (Lipinski definition) is 4. The summed E-state index contributed by atoms with van der Waals surface area (Å²) in [4.78, 5) is 0. The van der Waals surface area contributed by atoms with E-state index in [1.54, 1.807) is 7.11 Å². The second-order valence-electron chi connectivity index (χ2n) is 5.68. The number of methoxy groups -OCH3 is 1. The lowest BCUT2D eigenvalue weighted by Crippen LogP contribution is -2.22. The van der Waals surface area contributed by atoms with Crippen molar-refractivity contribution in [2.45, 2.75) is 19.1 Å². The molecule has 138 valence electrons. The Morgan fingerprint density at radius 1 is 0.885 bits per heavy atom. The molecule has 0 unspecified atom stereocenters. The van der Waals surface area contributed by atoms with Gasteiger partial charge in [-0.15, -0.1) is 0 Å². The Hall–Kier alpha value is -2.16. The molecule has 0 aliphatic heterocycles. The molecule has 0 saturated heterocycles. The highest BCUT2D eigenvalue weighted by Crippen LogP contribution is 2.02. The Morgan fingerprint density at radius 3 is 2.31 bits per heavy atom. The molecule has 2 aromatic carbocycles. The lowest BCUT2D eigenvalue weighted by molar-refractivity contribution is -0.0983. The predicted octanol–water partition coefficient (Wildman–Crippen LogP) is 3.65. The van der Waals surface area contributed by atoms with Crippen LogP contribution in [0.15, 0.2) is 60.7 Å². The topological polar surface area (TPSA) is 36.9 Å². The SMILES string of the molecule is COCO[C@@H](CC#Cc1ccccc1)COCCOCc1ccccc1. The van der Waals surface area contributed by atoms with Crippen LogP contribution >= 0.6 is 0 Å². The summed E-state index contributed by atoms with van der Waals surface area (Å²) in [6.45, 7) is 2.34. The first-order chi connectivity index (χ1) is 12.9. The van der Waals surface area contributed by atoms with E-state index in [4.69, 9.17) is 18.9 Å². The quantitative estimate of drug-likeness (QED) is 0.351. The molecule has 2 aromatic rings. The summed E-state index contributed by atoms with van der Waals surface area (Å²) in [6.07, 6.45) is 0.462. The zero-order chi connectivity index (χ0) is 18.3. The van der Waals surface area contributed by atoms with Crippen molar-refractivity contribution < 1.29 is 18.9 Å². The van der Waals surface area contributed by atoms with Gasteiger partial charge in [0.15, 0.2) is 0 Å². The maximum absolute atomic E-state index is 5.66. The molecule has 0 bridgehead atoms. The molecular weight excluding hydrogens is 328 g/mol. The molecule has 1 atom stereocenters.